The van der Waals surface area contributed by atoms with Crippen molar-refractivity contribution in [3.8, 4) is 11.5 Å². The Kier molecular flexibility index (Phi) is 4.50. The summed E-state index contributed by atoms with van der Waals surface area (Å²) >= 11 is 0. The number of nitrogens with zero attached hydrogens (tertiary/aromatic N) is 1. The molecule has 138 valence electrons. The second-order valence-electron chi connectivity index (χ2n) is 6.38. The molecule has 0 saturated heterocycles. The fourth-order valence-corrected chi connectivity index (χ4v) is 3.18. The number of benzene rings is 2. The van der Waals surface area contributed by atoms with E-state index in [4.69, 9.17) is 9.47 Å². The number of fused-ring (bicyclic) bond motifs is 2. The highest BCUT2D eigenvalue weighted by molar-refractivity contribution is 6.21. The molecule has 0 spiro atoms. The number of ether oxygens (including phenoxy) is 2. The molecule has 0 bridgehead atoms. The summed E-state index contributed by atoms with van der Waals surface area (Å²) in [7, 11) is 0. The zero-order valence-corrected chi connectivity index (χ0v) is 14.6. The number of carbonyl (C=O) groups is 3. The van der Waals surface area contributed by atoms with Crippen LogP contribution in [0.15, 0.2) is 42.5 Å². The number of nitrogens with one attached hydrogen (secondary N) is 1. The Balaban J connectivity index is 1.24. The van der Waals surface area contributed by atoms with Crippen LogP contribution in [0.1, 0.15) is 39.1 Å². The van der Waals surface area contributed by atoms with Gasteiger partial charge in [0.1, 0.15) is 0 Å². The number of hydrogen-bond acceptors (Lipinski definition) is 5. The number of imide groups is 1. The molecule has 0 fully saturated rings. The molecule has 2 aromatic carbocycles. The molecule has 7 heteroatoms. The van der Waals surface area contributed by atoms with E-state index < -0.39 is 0 Å². The van der Waals surface area contributed by atoms with Gasteiger partial charge in [-0.15, -0.1) is 0 Å². The molecular formula is C20H18N2O5. The normalized spacial score (nSPS) is 14.4. The maximum absolute atomic E-state index is 12.3. The molecule has 3 amide bonds. The van der Waals surface area contributed by atoms with Crippen LogP contribution in [0.3, 0.4) is 0 Å². The molecule has 0 saturated carbocycles. The van der Waals surface area contributed by atoms with Gasteiger partial charge in [0.25, 0.3) is 11.8 Å². The minimum absolute atomic E-state index is 0.135. The monoisotopic (exact) mass is 366 g/mol. The summed E-state index contributed by atoms with van der Waals surface area (Å²) in [4.78, 5) is 37.8. The Morgan fingerprint density at radius 3 is 2.44 bits per heavy atom. The van der Waals surface area contributed by atoms with Gasteiger partial charge in [0.2, 0.25) is 12.7 Å². The maximum Gasteiger partial charge on any atom is 0.261 e. The molecule has 0 unspecified atom stereocenters. The van der Waals surface area contributed by atoms with E-state index in [1.54, 1.807) is 24.3 Å². The first kappa shape index (κ1) is 17.1. The van der Waals surface area contributed by atoms with Gasteiger partial charge < -0.3 is 14.8 Å². The third-order valence-electron chi connectivity index (χ3n) is 4.59. The molecule has 27 heavy (non-hydrogen) atoms. The van der Waals surface area contributed by atoms with E-state index in [-0.39, 0.29) is 37.5 Å². The summed E-state index contributed by atoms with van der Waals surface area (Å²) in [5, 5.41) is 2.83. The van der Waals surface area contributed by atoms with Crippen molar-refractivity contribution in [2.45, 2.75) is 19.4 Å². The Morgan fingerprint density at radius 2 is 1.70 bits per heavy atom. The second kappa shape index (κ2) is 7.11. The largest absolute Gasteiger partial charge is 0.454 e. The van der Waals surface area contributed by atoms with Gasteiger partial charge >= 0.3 is 0 Å². The quantitative estimate of drug-likeness (QED) is 0.792. The highest BCUT2D eigenvalue weighted by Crippen LogP contribution is 2.32. The first-order valence-corrected chi connectivity index (χ1v) is 8.74. The Bertz CT molecular complexity index is 889. The molecule has 0 atom stereocenters. The van der Waals surface area contributed by atoms with Gasteiger partial charge in [0, 0.05) is 19.5 Å². The summed E-state index contributed by atoms with van der Waals surface area (Å²) in [6, 6.07) is 12.3. The maximum atomic E-state index is 12.3. The Labute approximate surface area is 155 Å². The molecule has 4 rings (SSSR count). The molecule has 2 heterocycles. The van der Waals surface area contributed by atoms with Gasteiger partial charge in [-0.1, -0.05) is 18.2 Å². The minimum Gasteiger partial charge on any atom is -0.454 e. The van der Waals surface area contributed by atoms with E-state index in [2.05, 4.69) is 5.32 Å². The summed E-state index contributed by atoms with van der Waals surface area (Å²) in [5.41, 5.74) is 1.76. The van der Waals surface area contributed by atoms with E-state index in [1.165, 1.54) is 4.90 Å². The fraction of sp³-hybridized carbons (Fsp3) is 0.250. The van der Waals surface area contributed by atoms with Crippen LogP contribution in [0, 0.1) is 0 Å². The summed E-state index contributed by atoms with van der Waals surface area (Å²) < 4.78 is 10.6. The van der Waals surface area contributed by atoms with Crippen molar-refractivity contribution in [3.05, 3.63) is 59.2 Å². The molecule has 0 aliphatic carbocycles. The third kappa shape index (κ3) is 3.36. The van der Waals surface area contributed by atoms with Crippen molar-refractivity contribution in [1.82, 2.24) is 10.2 Å². The predicted octanol–water partition coefficient (Wildman–Crippen LogP) is 2.11. The van der Waals surface area contributed by atoms with Crippen LogP contribution in [0.4, 0.5) is 0 Å². The Morgan fingerprint density at radius 1 is 1.00 bits per heavy atom. The molecule has 2 aromatic rings. The summed E-state index contributed by atoms with van der Waals surface area (Å²) in [5.74, 6) is 0.649. The van der Waals surface area contributed by atoms with E-state index in [0.29, 0.717) is 35.6 Å². The molecule has 7 nitrogen and oxygen atoms in total. The first-order valence-electron chi connectivity index (χ1n) is 8.74. The van der Waals surface area contributed by atoms with E-state index in [0.717, 1.165) is 5.56 Å². The van der Waals surface area contributed by atoms with Crippen LogP contribution in [-0.2, 0) is 11.3 Å². The average molecular weight is 366 g/mol. The minimum atomic E-state index is -0.295. The van der Waals surface area contributed by atoms with Crippen molar-refractivity contribution < 1.29 is 23.9 Å². The first-order chi connectivity index (χ1) is 13.1. The van der Waals surface area contributed by atoms with Crippen LogP contribution in [-0.4, -0.2) is 36.0 Å². The molecule has 0 aromatic heterocycles. The molecule has 0 radical (unpaired) electrons. The highest BCUT2D eigenvalue weighted by Gasteiger charge is 2.34. The smallest absolute Gasteiger partial charge is 0.261 e. The van der Waals surface area contributed by atoms with E-state index in [9.17, 15) is 14.4 Å². The van der Waals surface area contributed by atoms with Crippen molar-refractivity contribution in [3.63, 3.8) is 0 Å². The topological polar surface area (TPSA) is 84.9 Å². The zero-order valence-electron chi connectivity index (χ0n) is 14.6. The van der Waals surface area contributed by atoms with Gasteiger partial charge in [-0.2, -0.15) is 0 Å². The summed E-state index contributed by atoms with van der Waals surface area (Å²) in [6.45, 7) is 0.815. The number of amides is 3. The number of rotatable bonds is 6. The van der Waals surface area contributed by atoms with Crippen LogP contribution < -0.4 is 14.8 Å². The van der Waals surface area contributed by atoms with Gasteiger partial charge in [0.15, 0.2) is 11.5 Å². The van der Waals surface area contributed by atoms with Crippen molar-refractivity contribution >= 4 is 17.7 Å². The lowest BCUT2D eigenvalue weighted by Gasteiger charge is -2.13. The third-order valence-corrected chi connectivity index (χ3v) is 4.59. The lowest BCUT2D eigenvalue weighted by molar-refractivity contribution is -0.121. The van der Waals surface area contributed by atoms with Gasteiger partial charge in [-0.25, -0.2) is 0 Å². The van der Waals surface area contributed by atoms with Crippen molar-refractivity contribution in [1.29, 1.82) is 0 Å². The lowest BCUT2D eigenvalue weighted by Crippen LogP contribution is -2.32. The van der Waals surface area contributed by atoms with Crippen LogP contribution in [0.5, 0.6) is 11.5 Å². The molecular weight excluding hydrogens is 348 g/mol. The second-order valence-corrected chi connectivity index (χ2v) is 6.38. The van der Waals surface area contributed by atoms with Gasteiger partial charge in [0.05, 0.1) is 11.1 Å². The highest BCUT2D eigenvalue weighted by atomic mass is 16.7. The van der Waals surface area contributed by atoms with Crippen LogP contribution in [0.25, 0.3) is 0 Å². The Hall–Kier alpha value is -3.35. The van der Waals surface area contributed by atoms with Gasteiger partial charge in [-0.3, -0.25) is 19.3 Å². The molecule has 2 aliphatic heterocycles. The van der Waals surface area contributed by atoms with Crippen molar-refractivity contribution in [2.75, 3.05) is 13.3 Å². The molecule has 2 aliphatic rings. The van der Waals surface area contributed by atoms with E-state index >= 15 is 0 Å². The average Bonchev–Trinajstić information content (AvgIpc) is 3.25. The van der Waals surface area contributed by atoms with Gasteiger partial charge in [-0.05, 0) is 36.2 Å². The number of hydrogen-bond donors (Lipinski definition) is 1. The summed E-state index contributed by atoms with van der Waals surface area (Å²) in [6.07, 6.45) is 0.649. The molecule has 1 N–H and O–H groups in total. The lowest BCUT2D eigenvalue weighted by atomic mass is 10.1. The van der Waals surface area contributed by atoms with E-state index in [1.807, 2.05) is 18.2 Å². The zero-order chi connectivity index (χ0) is 18.8. The number of carbonyl (C=O) groups excluding carboxylic acids is 3. The standard InChI is InChI=1S/C20H18N2O5/c23-18(21-11-13-7-8-16-17(10-13)27-12-26-16)6-3-9-22-19(24)14-4-1-2-5-15(14)20(22)25/h1-2,4-5,7-8,10H,3,6,9,11-12H2,(H,21,23). The van der Waals surface area contributed by atoms with Crippen LogP contribution >= 0.6 is 0 Å². The fourth-order valence-electron chi connectivity index (χ4n) is 3.18. The van der Waals surface area contributed by atoms with Crippen LogP contribution in [0.2, 0.25) is 0 Å². The van der Waals surface area contributed by atoms with Crippen molar-refractivity contribution in [2.24, 2.45) is 0 Å². The predicted molar refractivity (Wildman–Crippen MR) is 95.5 cm³/mol. The SMILES string of the molecule is O=C(CCCN1C(=O)c2ccccc2C1=O)NCc1ccc2c(c1)OCO2.